The Kier molecular flexibility index (Phi) is 6.64. The van der Waals surface area contributed by atoms with Crippen molar-refractivity contribution in [3.8, 4) is 11.1 Å². The quantitative estimate of drug-likeness (QED) is 0.587. The highest BCUT2D eigenvalue weighted by Crippen LogP contribution is 2.30. The van der Waals surface area contributed by atoms with E-state index in [0.717, 1.165) is 11.1 Å². The monoisotopic (exact) mass is 436 g/mol. The molecule has 1 atom stereocenters. The molecule has 2 amide bonds. The fourth-order valence-electron chi connectivity index (χ4n) is 3.42. The molecule has 3 aromatic rings. The summed E-state index contributed by atoms with van der Waals surface area (Å²) >= 11 is 1.39. The predicted octanol–water partition coefficient (Wildman–Crippen LogP) is 4.26. The lowest BCUT2D eigenvalue weighted by atomic mass is 9.98. The van der Waals surface area contributed by atoms with Gasteiger partial charge in [-0.2, -0.15) is 0 Å². The van der Waals surface area contributed by atoms with Gasteiger partial charge in [-0.05, 0) is 34.9 Å². The Morgan fingerprint density at radius 3 is 2.48 bits per heavy atom. The van der Waals surface area contributed by atoms with Crippen molar-refractivity contribution in [2.45, 2.75) is 12.0 Å². The van der Waals surface area contributed by atoms with Crippen molar-refractivity contribution in [3.63, 3.8) is 0 Å². The van der Waals surface area contributed by atoms with Gasteiger partial charge in [-0.25, -0.2) is 9.87 Å². The minimum absolute atomic E-state index is 0.241. The van der Waals surface area contributed by atoms with Crippen molar-refractivity contribution in [1.29, 1.82) is 0 Å². The first kappa shape index (κ1) is 21.1. The van der Waals surface area contributed by atoms with Gasteiger partial charge in [0.1, 0.15) is 5.82 Å². The lowest BCUT2D eigenvalue weighted by Gasteiger charge is -2.24. The van der Waals surface area contributed by atoms with E-state index in [4.69, 9.17) is 4.84 Å². The molecule has 3 aromatic carbocycles. The van der Waals surface area contributed by atoms with Gasteiger partial charge in [-0.3, -0.25) is 14.4 Å². The molecule has 158 valence electrons. The third-order valence-electron chi connectivity index (χ3n) is 4.94. The maximum Gasteiger partial charge on any atom is 0.276 e. The molecule has 7 heteroatoms. The number of carbonyl (C=O) groups is 2. The first-order chi connectivity index (χ1) is 15.1. The van der Waals surface area contributed by atoms with Gasteiger partial charge in [-0.15, -0.1) is 11.8 Å². The second kappa shape index (κ2) is 9.76. The minimum Gasteiger partial charge on any atom is -0.317 e. The summed E-state index contributed by atoms with van der Waals surface area (Å²) < 4.78 is 13.3. The van der Waals surface area contributed by atoms with Crippen molar-refractivity contribution >= 4 is 23.6 Å². The molecule has 1 aliphatic rings. The zero-order valence-corrected chi connectivity index (χ0v) is 17.5. The van der Waals surface area contributed by atoms with E-state index in [1.165, 1.54) is 23.9 Å². The number of amides is 2. The Balaban J connectivity index is 1.47. The third kappa shape index (κ3) is 4.95. The Hall–Kier alpha value is -3.16. The number of hydrogen-bond acceptors (Lipinski definition) is 4. The molecule has 1 N–H and O–H groups in total. The van der Waals surface area contributed by atoms with Gasteiger partial charge in [0.15, 0.2) is 5.37 Å². The predicted molar refractivity (Wildman–Crippen MR) is 118 cm³/mol. The average Bonchev–Trinajstić information content (AvgIpc) is 3.30. The highest BCUT2D eigenvalue weighted by atomic mass is 32.2. The molecule has 31 heavy (non-hydrogen) atoms. The number of rotatable bonds is 6. The van der Waals surface area contributed by atoms with Crippen LogP contribution in [0.4, 0.5) is 4.39 Å². The molecule has 0 aliphatic carbocycles. The van der Waals surface area contributed by atoms with Crippen LogP contribution in [0, 0.1) is 5.82 Å². The molecule has 4 rings (SSSR count). The summed E-state index contributed by atoms with van der Waals surface area (Å²) in [6, 6.07) is 22.7. The molecule has 1 fully saturated rings. The standard InChI is InChI=1S/C24H21FN2O3S/c25-19-12-10-18(11-13-19)20-8-4-5-9-21(20)23(29)27-14-15-31-24(27)22(28)26-30-16-17-6-2-1-3-7-17/h1-13,24H,14-16H2,(H,26,28)/t24-/m0/s1. The number of nitrogens with zero attached hydrogens (tertiary/aromatic N) is 1. The first-order valence-electron chi connectivity index (χ1n) is 9.86. The normalized spacial score (nSPS) is 15.6. The van der Waals surface area contributed by atoms with Gasteiger partial charge >= 0.3 is 0 Å². The molecule has 1 heterocycles. The minimum atomic E-state index is -0.676. The van der Waals surface area contributed by atoms with Crippen molar-refractivity contribution in [2.24, 2.45) is 0 Å². The molecular weight excluding hydrogens is 415 g/mol. The number of nitrogens with one attached hydrogen (secondary N) is 1. The van der Waals surface area contributed by atoms with Crippen LogP contribution in [0.3, 0.4) is 0 Å². The van der Waals surface area contributed by atoms with Gasteiger partial charge < -0.3 is 4.90 Å². The Bertz CT molecular complexity index is 1060. The Morgan fingerprint density at radius 2 is 1.71 bits per heavy atom. The second-order valence-corrected chi connectivity index (χ2v) is 8.20. The van der Waals surface area contributed by atoms with Crippen LogP contribution >= 0.6 is 11.8 Å². The van der Waals surface area contributed by atoms with Gasteiger partial charge in [0.2, 0.25) is 0 Å². The molecule has 1 aliphatic heterocycles. The molecule has 5 nitrogen and oxygen atoms in total. The van der Waals surface area contributed by atoms with Crippen LogP contribution < -0.4 is 5.48 Å². The van der Waals surface area contributed by atoms with E-state index in [9.17, 15) is 14.0 Å². The number of hydrogen-bond donors (Lipinski definition) is 1. The maximum absolute atomic E-state index is 13.3. The summed E-state index contributed by atoms with van der Waals surface area (Å²) in [5.41, 5.74) is 5.31. The summed E-state index contributed by atoms with van der Waals surface area (Å²) in [5.74, 6) is -0.295. The van der Waals surface area contributed by atoms with Crippen LogP contribution in [0.5, 0.6) is 0 Å². The van der Waals surface area contributed by atoms with E-state index in [1.807, 2.05) is 42.5 Å². The average molecular weight is 437 g/mol. The lowest BCUT2D eigenvalue weighted by molar-refractivity contribution is -0.136. The highest BCUT2D eigenvalue weighted by Gasteiger charge is 2.36. The molecule has 0 saturated carbocycles. The molecular formula is C24H21FN2O3S. The smallest absolute Gasteiger partial charge is 0.276 e. The number of benzene rings is 3. The van der Waals surface area contributed by atoms with Gasteiger partial charge in [-0.1, -0.05) is 60.7 Å². The van der Waals surface area contributed by atoms with E-state index in [2.05, 4.69) is 5.48 Å². The van der Waals surface area contributed by atoms with Crippen LogP contribution in [-0.2, 0) is 16.2 Å². The maximum atomic E-state index is 13.3. The molecule has 1 saturated heterocycles. The summed E-state index contributed by atoms with van der Waals surface area (Å²) in [6.07, 6.45) is 0. The zero-order valence-electron chi connectivity index (χ0n) is 16.7. The van der Waals surface area contributed by atoms with E-state index >= 15 is 0 Å². The largest absolute Gasteiger partial charge is 0.317 e. The number of thioether (sulfide) groups is 1. The van der Waals surface area contributed by atoms with Crippen molar-refractivity contribution in [2.75, 3.05) is 12.3 Å². The summed E-state index contributed by atoms with van der Waals surface area (Å²) in [7, 11) is 0. The fraction of sp³-hybridized carbons (Fsp3) is 0.167. The van der Waals surface area contributed by atoms with E-state index in [0.29, 0.717) is 23.4 Å². The molecule has 0 radical (unpaired) electrons. The Morgan fingerprint density at radius 1 is 1.00 bits per heavy atom. The lowest BCUT2D eigenvalue weighted by Crippen LogP contribution is -2.44. The van der Waals surface area contributed by atoms with E-state index in [1.54, 1.807) is 29.2 Å². The van der Waals surface area contributed by atoms with Crippen molar-refractivity contribution in [1.82, 2.24) is 10.4 Å². The third-order valence-corrected chi connectivity index (χ3v) is 6.15. The SMILES string of the molecule is O=C(NOCc1ccccc1)[C@@H]1SCCN1C(=O)c1ccccc1-c1ccc(F)cc1. The van der Waals surface area contributed by atoms with Crippen LogP contribution in [0.15, 0.2) is 78.9 Å². The van der Waals surface area contributed by atoms with Crippen molar-refractivity contribution in [3.05, 3.63) is 95.8 Å². The van der Waals surface area contributed by atoms with E-state index in [-0.39, 0.29) is 24.2 Å². The van der Waals surface area contributed by atoms with Crippen LogP contribution in [0.2, 0.25) is 0 Å². The first-order valence-corrected chi connectivity index (χ1v) is 10.9. The van der Waals surface area contributed by atoms with Gasteiger partial charge in [0.05, 0.1) is 6.61 Å². The second-order valence-electron chi connectivity index (χ2n) is 7.01. The van der Waals surface area contributed by atoms with E-state index < -0.39 is 5.37 Å². The Labute approximate surface area is 184 Å². The molecule has 0 spiro atoms. The van der Waals surface area contributed by atoms with Gasteiger partial charge in [0.25, 0.3) is 11.8 Å². The summed E-state index contributed by atoms with van der Waals surface area (Å²) in [6.45, 7) is 0.698. The van der Waals surface area contributed by atoms with Gasteiger partial charge in [0, 0.05) is 17.9 Å². The van der Waals surface area contributed by atoms with Crippen LogP contribution in [0.1, 0.15) is 15.9 Å². The fourth-order valence-corrected chi connectivity index (χ4v) is 4.52. The number of carbonyl (C=O) groups excluding carboxylic acids is 2. The van der Waals surface area contributed by atoms with Crippen LogP contribution in [0.25, 0.3) is 11.1 Å². The molecule has 0 bridgehead atoms. The molecule has 0 aromatic heterocycles. The summed E-state index contributed by atoms with van der Waals surface area (Å²) in [4.78, 5) is 32.9. The zero-order chi connectivity index (χ0) is 21.6. The highest BCUT2D eigenvalue weighted by molar-refractivity contribution is 8.00. The number of halogens is 1. The topological polar surface area (TPSA) is 58.6 Å². The van der Waals surface area contributed by atoms with Crippen molar-refractivity contribution < 1.29 is 18.8 Å². The number of hydroxylamine groups is 1. The molecule has 0 unspecified atom stereocenters. The van der Waals surface area contributed by atoms with Crippen LogP contribution in [-0.4, -0.2) is 34.4 Å². The summed E-state index contributed by atoms with van der Waals surface area (Å²) in [5, 5.41) is -0.676.